The van der Waals surface area contributed by atoms with Crippen LogP contribution >= 0.6 is 11.6 Å². The molecular weight excluding hydrogens is 254 g/mol. The van der Waals surface area contributed by atoms with E-state index in [1.54, 1.807) is 0 Å². The molecule has 1 aromatic rings. The van der Waals surface area contributed by atoms with E-state index < -0.39 is 33.5 Å². The zero-order chi connectivity index (χ0) is 13.2. The van der Waals surface area contributed by atoms with Gasteiger partial charge in [0.2, 0.25) is 5.43 Å². The third kappa shape index (κ3) is 2.16. The van der Waals surface area contributed by atoms with Gasteiger partial charge in [0.05, 0.1) is 6.20 Å². The highest BCUT2D eigenvalue weighted by atomic mass is 35.5. The van der Waals surface area contributed by atoms with E-state index in [9.17, 15) is 14.8 Å². The van der Waals surface area contributed by atoms with Crippen LogP contribution in [0.3, 0.4) is 0 Å². The van der Waals surface area contributed by atoms with Gasteiger partial charge in [-0.3, -0.25) is 9.59 Å². The van der Waals surface area contributed by atoms with Crippen LogP contribution in [0.4, 0.5) is 0 Å². The van der Waals surface area contributed by atoms with E-state index in [0.29, 0.717) is 6.20 Å². The van der Waals surface area contributed by atoms with Crippen molar-refractivity contribution in [3.8, 4) is 5.75 Å². The second kappa shape index (κ2) is 4.74. The van der Waals surface area contributed by atoms with E-state index in [0.717, 1.165) is 0 Å². The molecule has 0 aliphatic carbocycles. The molecule has 0 atom stereocenters. The molecule has 8 nitrogen and oxygen atoms in total. The van der Waals surface area contributed by atoms with Crippen LogP contribution in [-0.4, -0.2) is 38.9 Å². The van der Waals surface area contributed by atoms with Crippen molar-refractivity contribution < 1.29 is 20.3 Å². The van der Waals surface area contributed by atoms with Crippen molar-refractivity contribution in [1.82, 2.24) is 10.0 Å². The second-order valence-electron chi connectivity index (χ2n) is 2.88. The van der Waals surface area contributed by atoms with Gasteiger partial charge in [0.1, 0.15) is 10.7 Å². The second-order valence-corrected chi connectivity index (χ2v) is 3.26. The number of halogens is 1. The molecule has 0 aromatic carbocycles. The number of aromatic hydroxyl groups is 1. The number of amides is 1. The van der Waals surface area contributed by atoms with Crippen LogP contribution in [0, 0.1) is 0 Å². The average Bonchev–Trinajstić information content (AvgIpc) is 2.30. The lowest BCUT2D eigenvalue weighted by atomic mass is 10.2. The molecule has 1 heterocycles. The van der Waals surface area contributed by atoms with Crippen LogP contribution < -0.4 is 10.7 Å². The molecule has 0 aliphatic rings. The lowest BCUT2D eigenvalue weighted by molar-refractivity contribution is -0.114. The van der Waals surface area contributed by atoms with Gasteiger partial charge in [-0.25, -0.2) is 0 Å². The summed E-state index contributed by atoms with van der Waals surface area (Å²) in [6, 6.07) is 0. The Kier molecular flexibility index (Phi) is 3.59. The maximum absolute atomic E-state index is 11.3. The summed E-state index contributed by atoms with van der Waals surface area (Å²) in [7, 11) is 1.25. The normalized spacial score (nSPS) is 11.3. The Hall–Kier alpha value is -2.22. The SMILES string of the molecule is CNC(=O)C(=NO)c1c(Cl)c(=O)c(O)cn1O. The van der Waals surface area contributed by atoms with Crippen LogP contribution in [0.2, 0.25) is 5.02 Å². The number of hydrogen-bond donors (Lipinski definition) is 4. The summed E-state index contributed by atoms with van der Waals surface area (Å²) in [5.74, 6) is -1.68. The van der Waals surface area contributed by atoms with E-state index >= 15 is 0 Å². The first-order chi connectivity index (χ1) is 7.93. The molecule has 1 amide bonds. The van der Waals surface area contributed by atoms with Gasteiger partial charge in [0.15, 0.2) is 11.5 Å². The molecule has 9 heteroatoms. The number of pyridine rings is 1. The molecule has 0 aliphatic heterocycles. The molecule has 92 valence electrons. The Balaban J connectivity index is 3.57. The Morgan fingerprint density at radius 2 is 2.18 bits per heavy atom. The molecule has 17 heavy (non-hydrogen) atoms. The topological polar surface area (TPSA) is 124 Å². The molecule has 1 rings (SSSR count). The van der Waals surface area contributed by atoms with Gasteiger partial charge in [-0.05, 0) is 0 Å². The molecule has 0 saturated heterocycles. The Morgan fingerprint density at radius 1 is 1.59 bits per heavy atom. The number of hydrogen-bond acceptors (Lipinski definition) is 6. The number of nitrogens with zero attached hydrogens (tertiary/aromatic N) is 2. The van der Waals surface area contributed by atoms with Crippen molar-refractivity contribution in [2.75, 3.05) is 7.05 Å². The van der Waals surface area contributed by atoms with Crippen molar-refractivity contribution in [3.05, 3.63) is 27.1 Å². The summed E-state index contributed by atoms with van der Waals surface area (Å²) >= 11 is 5.55. The van der Waals surface area contributed by atoms with Crippen LogP contribution in [0.1, 0.15) is 5.69 Å². The number of nitrogens with one attached hydrogen (secondary N) is 1. The average molecular weight is 262 g/mol. The standard InChI is InChI=1S/C8H8ClN3O5/c1-10-8(15)5(11-16)6-4(9)7(14)3(13)2-12(6)17/h2,13,16-17H,1H3,(H,10,15). The summed E-state index contributed by atoms with van der Waals surface area (Å²) in [6.45, 7) is 0. The van der Waals surface area contributed by atoms with Gasteiger partial charge < -0.3 is 20.8 Å². The highest BCUT2D eigenvalue weighted by molar-refractivity contribution is 6.48. The first-order valence-electron chi connectivity index (χ1n) is 4.21. The Bertz CT molecular complexity index is 551. The molecule has 0 saturated carbocycles. The third-order valence-electron chi connectivity index (χ3n) is 1.88. The zero-order valence-electron chi connectivity index (χ0n) is 8.51. The maximum atomic E-state index is 11.3. The minimum atomic E-state index is -1.00. The fraction of sp³-hybridized carbons (Fsp3) is 0.125. The highest BCUT2D eigenvalue weighted by Crippen LogP contribution is 2.15. The number of rotatable bonds is 2. The minimum Gasteiger partial charge on any atom is -0.503 e. The molecule has 0 unspecified atom stereocenters. The van der Waals surface area contributed by atoms with Gasteiger partial charge in [-0.2, -0.15) is 4.73 Å². The minimum absolute atomic E-state index is 0.212. The predicted octanol–water partition coefficient (Wildman–Crippen LogP) is -0.631. The van der Waals surface area contributed by atoms with E-state index in [2.05, 4.69) is 10.5 Å². The third-order valence-corrected chi connectivity index (χ3v) is 2.23. The Labute approximate surface area is 99.3 Å². The maximum Gasteiger partial charge on any atom is 0.275 e. The lowest BCUT2D eigenvalue weighted by Gasteiger charge is -2.09. The molecule has 0 spiro atoms. The van der Waals surface area contributed by atoms with E-state index in [1.165, 1.54) is 7.05 Å². The first-order valence-corrected chi connectivity index (χ1v) is 4.59. The summed E-state index contributed by atoms with van der Waals surface area (Å²) < 4.78 is 0.212. The first kappa shape index (κ1) is 12.8. The number of aromatic nitrogens is 1. The highest BCUT2D eigenvalue weighted by Gasteiger charge is 2.23. The number of oxime groups is 1. The zero-order valence-corrected chi connectivity index (χ0v) is 9.26. The number of carbonyl (C=O) groups excluding carboxylic acids is 1. The fourth-order valence-electron chi connectivity index (χ4n) is 1.09. The predicted molar refractivity (Wildman–Crippen MR) is 57.0 cm³/mol. The van der Waals surface area contributed by atoms with Gasteiger partial charge in [-0.1, -0.05) is 16.8 Å². The smallest absolute Gasteiger partial charge is 0.275 e. The van der Waals surface area contributed by atoms with Crippen LogP contribution in [0.5, 0.6) is 5.75 Å². The van der Waals surface area contributed by atoms with E-state index in [-0.39, 0.29) is 4.73 Å². The molecule has 4 N–H and O–H groups in total. The molecule has 1 aromatic heterocycles. The quantitative estimate of drug-likeness (QED) is 0.244. The number of likely N-dealkylation sites (N-methyl/N-ethyl adjacent to an activating group) is 1. The van der Waals surface area contributed by atoms with Crippen molar-refractivity contribution in [3.63, 3.8) is 0 Å². The van der Waals surface area contributed by atoms with Crippen molar-refractivity contribution in [2.24, 2.45) is 5.16 Å². The largest absolute Gasteiger partial charge is 0.503 e. The molecule has 0 radical (unpaired) electrons. The van der Waals surface area contributed by atoms with Crippen molar-refractivity contribution >= 4 is 23.2 Å². The molecule has 0 bridgehead atoms. The Morgan fingerprint density at radius 3 is 2.65 bits per heavy atom. The van der Waals surface area contributed by atoms with Crippen LogP contribution in [0.25, 0.3) is 0 Å². The summed E-state index contributed by atoms with van der Waals surface area (Å²) in [6.07, 6.45) is 0.623. The van der Waals surface area contributed by atoms with Crippen molar-refractivity contribution in [2.45, 2.75) is 0 Å². The lowest BCUT2D eigenvalue weighted by Crippen LogP contribution is -2.32. The summed E-state index contributed by atoms with van der Waals surface area (Å²) in [4.78, 5) is 22.6. The van der Waals surface area contributed by atoms with Gasteiger partial charge in [-0.15, -0.1) is 0 Å². The van der Waals surface area contributed by atoms with Gasteiger partial charge in [0, 0.05) is 7.05 Å². The summed E-state index contributed by atoms with van der Waals surface area (Å²) in [5.41, 5.74) is -2.20. The monoisotopic (exact) mass is 261 g/mol. The molecular formula is C8H8ClN3O5. The van der Waals surface area contributed by atoms with Gasteiger partial charge >= 0.3 is 0 Å². The molecule has 0 fully saturated rings. The van der Waals surface area contributed by atoms with Crippen LogP contribution in [-0.2, 0) is 4.79 Å². The van der Waals surface area contributed by atoms with E-state index in [4.69, 9.17) is 21.9 Å². The summed E-state index contributed by atoms with van der Waals surface area (Å²) in [5, 5.41) is 31.3. The van der Waals surface area contributed by atoms with Crippen LogP contribution in [0.15, 0.2) is 16.1 Å². The van der Waals surface area contributed by atoms with Gasteiger partial charge in [0.25, 0.3) is 5.91 Å². The fourth-order valence-corrected chi connectivity index (χ4v) is 1.36. The van der Waals surface area contributed by atoms with Crippen molar-refractivity contribution in [1.29, 1.82) is 0 Å². The number of carbonyl (C=O) groups is 1. The van der Waals surface area contributed by atoms with E-state index in [1.807, 2.05) is 0 Å².